The van der Waals surface area contributed by atoms with E-state index in [-0.39, 0.29) is 0 Å². The predicted molar refractivity (Wildman–Crippen MR) is 50.8 cm³/mol. The van der Waals surface area contributed by atoms with E-state index < -0.39 is 7.12 Å². The van der Waals surface area contributed by atoms with Gasteiger partial charge < -0.3 is 14.5 Å². The first-order valence-electron chi connectivity index (χ1n) is 4.04. The third kappa shape index (κ3) is 1.24. The van der Waals surface area contributed by atoms with Crippen LogP contribution >= 0.6 is 0 Å². The van der Waals surface area contributed by atoms with Crippen LogP contribution < -0.4 is 5.46 Å². The van der Waals surface area contributed by atoms with Crippen molar-refractivity contribution in [2.75, 3.05) is 0 Å². The fourth-order valence-corrected chi connectivity index (χ4v) is 1.51. The van der Waals surface area contributed by atoms with E-state index in [9.17, 15) is 0 Å². The molecule has 3 nitrogen and oxygen atoms in total. The van der Waals surface area contributed by atoms with Gasteiger partial charge >= 0.3 is 7.12 Å². The standard InChI is InChI=1S/C9H9BO3/c1-6-9(10(11)12)7-4-2-3-5-8(7)13-6/h2-5,11-12H,1H3. The SMILES string of the molecule is Cc1oc2ccccc2c1B(O)O. The second-order valence-corrected chi connectivity index (χ2v) is 2.94. The maximum Gasteiger partial charge on any atom is 0.492 e. The molecule has 0 aliphatic heterocycles. The molecule has 0 spiro atoms. The smallest absolute Gasteiger partial charge is 0.462 e. The van der Waals surface area contributed by atoms with Crippen LogP contribution in [0.3, 0.4) is 0 Å². The number of aryl methyl sites for hydroxylation is 1. The largest absolute Gasteiger partial charge is 0.492 e. The molecule has 0 unspecified atom stereocenters. The summed E-state index contributed by atoms with van der Waals surface area (Å²) in [5, 5.41) is 18.9. The van der Waals surface area contributed by atoms with Gasteiger partial charge in [0, 0.05) is 10.8 Å². The van der Waals surface area contributed by atoms with Crippen LogP contribution in [0.25, 0.3) is 11.0 Å². The number of furan rings is 1. The van der Waals surface area contributed by atoms with Crippen molar-refractivity contribution in [3.63, 3.8) is 0 Å². The van der Waals surface area contributed by atoms with E-state index in [0.29, 0.717) is 16.8 Å². The summed E-state index contributed by atoms with van der Waals surface area (Å²) in [4.78, 5) is 0. The van der Waals surface area contributed by atoms with Crippen molar-refractivity contribution in [1.29, 1.82) is 0 Å². The monoisotopic (exact) mass is 176 g/mol. The first kappa shape index (κ1) is 8.35. The van der Waals surface area contributed by atoms with E-state index in [4.69, 9.17) is 14.5 Å². The lowest BCUT2D eigenvalue weighted by atomic mass is 9.78. The van der Waals surface area contributed by atoms with Crippen molar-refractivity contribution < 1.29 is 14.5 Å². The first-order valence-corrected chi connectivity index (χ1v) is 4.04. The molecule has 1 aromatic heterocycles. The van der Waals surface area contributed by atoms with E-state index in [2.05, 4.69) is 0 Å². The zero-order valence-electron chi connectivity index (χ0n) is 7.19. The van der Waals surface area contributed by atoms with Crippen molar-refractivity contribution in [3.05, 3.63) is 30.0 Å². The Hall–Kier alpha value is -1.26. The van der Waals surface area contributed by atoms with Crippen LogP contribution in [0.4, 0.5) is 0 Å². The number of hydrogen-bond acceptors (Lipinski definition) is 3. The molecule has 0 radical (unpaired) electrons. The molecule has 0 saturated heterocycles. The van der Waals surface area contributed by atoms with Gasteiger partial charge in [-0.3, -0.25) is 0 Å². The van der Waals surface area contributed by atoms with Crippen molar-refractivity contribution in [2.24, 2.45) is 0 Å². The van der Waals surface area contributed by atoms with Crippen LogP contribution in [0.1, 0.15) is 5.76 Å². The molecular formula is C9H9BO3. The van der Waals surface area contributed by atoms with Gasteiger partial charge in [-0.1, -0.05) is 18.2 Å². The van der Waals surface area contributed by atoms with Gasteiger partial charge in [-0.2, -0.15) is 0 Å². The Bertz CT molecular complexity index is 433. The Kier molecular flexibility index (Phi) is 1.86. The van der Waals surface area contributed by atoms with Gasteiger partial charge in [0.05, 0.1) is 0 Å². The average Bonchev–Trinajstić information content (AvgIpc) is 2.39. The van der Waals surface area contributed by atoms with Crippen LogP contribution in [0, 0.1) is 6.92 Å². The Morgan fingerprint density at radius 2 is 1.92 bits per heavy atom. The topological polar surface area (TPSA) is 53.6 Å². The van der Waals surface area contributed by atoms with Crippen molar-refractivity contribution in [3.8, 4) is 0 Å². The number of hydrogen-bond donors (Lipinski definition) is 2. The van der Waals surface area contributed by atoms with Gasteiger partial charge in [-0.15, -0.1) is 0 Å². The van der Waals surface area contributed by atoms with Crippen LogP contribution in [0.5, 0.6) is 0 Å². The molecule has 0 aliphatic carbocycles. The minimum absolute atomic E-state index is 0.454. The number of rotatable bonds is 1. The second-order valence-electron chi connectivity index (χ2n) is 2.94. The molecule has 0 bridgehead atoms. The number of fused-ring (bicyclic) bond motifs is 1. The average molecular weight is 176 g/mol. The molecule has 2 aromatic rings. The summed E-state index contributed by atoms with van der Waals surface area (Å²) in [6.45, 7) is 1.72. The maximum atomic E-state index is 9.09. The fourth-order valence-electron chi connectivity index (χ4n) is 1.51. The maximum absolute atomic E-state index is 9.09. The van der Waals surface area contributed by atoms with E-state index in [1.165, 1.54) is 0 Å². The number of benzene rings is 1. The lowest BCUT2D eigenvalue weighted by molar-refractivity contribution is 0.424. The second kappa shape index (κ2) is 2.90. The van der Waals surface area contributed by atoms with Crippen molar-refractivity contribution in [2.45, 2.75) is 6.92 Å². The van der Waals surface area contributed by atoms with Gasteiger partial charge in [0.1, 0.15) is 11.3 Å². The highest BCUT2D eigenvalue weighted by atomic mass is 16.4. The molecule has 4 heteroatoms. The predicted octanol–water partition coefficient (Wildman–Crippen LogP) is 0.421. The minimum Gasteiger partial charge on any atom is -0.462 e. The Morgan fingerprint density at radius 1 is 1.23 bits per heavy atom. The van der Waals surface area contributed by atoms with Crippen LogP contribution in [-0.4, -0.2) is 17.2 Å². The van der Waals surface area contributed by atoms with Gasteiger partial charge in [0.15, 0.2) is 0 Å². The Labute approximate surface area is 75.8 Å². The molecule has 0 atom stereocenters. The highest BCUT2D eigenvalue weighted by Gasteiger charge is 2.21. The van der Waals surface area contributed by atoms with E-state index in [1.54, 1.807) is 19.1 Å². The highest BCUT2D eigenvalue weighted by molar-refractivity contribution is 6.62. The van der Waals surface area contributed by atoms with Gasteiger partial charge in [0.25, 0.3) is 0 Å². The van der Waals surface area contributed by atoms with E-state index >= 15 is 0 Å². The molecule has 1 aromatic carbocycles. The summed E-state index contributed by atoms with van der Waals surface area (Å²) in [7, 11) is -1.47. The zero-order chi connectivity index (χ0) is 9.42. The third-order valence-corrected chi connectivity index (χ3v) is 2.08. The van der Waals surface area contributed by atoms with Gasteiger partial charge in [-0.25, -0.2) is 0 Å². The molecule has 0 fully saturated rings. The van der Waals surface area contributed by atoms with Crippen molar-refractivity contribution >= 4 is 23.6 Å². The fraction of sp³-hybridized carbons (Fsp3) is 0.111. The summed E-state index contributed by atoms with van der Waals surface area (Å²) in [6.07, 6.45) is 0. The summed E-state index contributed by atoms with van der Waals surface area (Å²) in [5.41, 5.74) is 1.14. The molecule has 66 valence electrons. The quantitative estimate of drug-likeness (QED) is 0.619. The van der Waals surface area contributed by atoms with Gasteiger partial charge in [0.2, 0.25) is 0 Å². The molecular weight excluding hydrogens is 167 g/mol. The lowest BCUT2D eigenvalue weighted by Gasteiger charge is -1.95. The van der Waals surface area contributed by atoms with E-state index in [1.807, 2.05) is 12.1 Å². The highest BCUT2D eigenvalue weighted by Crippen LogP contribution is 2.16. The Morgan fingerprint density at radius 3 is 2.62 bits per heavy atom. The molecule has 0 saturated carbocycles. The molecule has 0 amide bonds. The normalized spacial score (nSPS) is 10.7. The van der Waals surface area contributed by atoms with Crippen molar-refractivity contribution in [1.82, 2.24) is 0 Å². The van der Waals surface area contributed by atoms with Gasteiger partial charge in [-0.05, 0) is 13.0 Å². The van der Waals surface area contributed by atoms with Crippen LogP contribution in [-0.2, 0) is 0 Å². The summed E-state index contributed by atoms with van der Waals surface area (Å²) >= 11 is 0. The molecule has 13 heavy (non-hydrogen) atoms. The summed E-state index contributed by atoms with van der Waals surface area (Å²) in [6, 6.07) is 7.29. The summed E-state index contributed by atoms with van der Waals surface area (Å²) in [5.74, 6) is 0.552. The Balaban J connectivity index is 2.78. The molecule has 1 heterocycles. The first-order chi connectivity index (χ1) is 6.20. The lowest BCUT2D eigenvalue weighted by Crippen LogP contribution is -2.30. The zero-order valence-corrected chi connectivity index (χ0v) is 7.19. The van der Waals surface area contributed by atoms with Crippen LogP contribution in [0.2, 0.25) is 0 Å². The minimum atomic E-state index is -1.47. The number of para-hydroxylation sites is 1. The third-order valence-electron chi connectivity index (χ3n) is 2.08. The molecule has 2 rings (SSSR count). The van der Waals surface area contributed by atoms with E-state index in [0.717, 1.165) is 5.39 Å². The molecule has 0 aliphatic rings. The summed E-state index contributed by atoms with van der Waals surface area (Å²) < 4.78 is 5.34. The molecule has 2 N–H and O–H groups in total. The van der Waals surface area contributed by atoms with Crippen LogP contribution in [0.15, 0.2) is 28.7 Å².